The maximum absolute atomic E-state index is 13.5. The number of ketones is 1. The van der Waals surface area contributed by atoms with Crippen molar-refractivity contribution in [3.05, 3.63) is 74.6 Å². The van der Waals surface area contributed by atoms with E-state index in [0.717, 1.165) is 17.0 Å². The number of hydrogen-bond donors (Lipinski definition) is 1. The van der Waals surface area contributed by atoms with Crippen molar-refractivity contribution < 1.29 is 9.18 Å². The molecule has 4 rings (SSSR count). The highest BCUT2D eigenvalue weighted by Gasteiger charge is 2.41. The molecule has 30 heavy (non-hydrogen) atoms. The van der Waals surface area contributed by atoms with Crippen molar-refractivity contribution in [1.82, 2.24) is 0 Å². The van der Waals surface area contributed by atoms with Gasteiger partial charge in [0.05, 0.1) is 17.6 Å². The second-order valence-electron chi connectivity index (χ2n) is 8.74. The summed E-state index contributed by atoms with van der Waals surface area (Å²) in [6.45, 7) is 6.43. The lowest BCUT2D eigenvalue weighted by Crippen LogP contribution is -2.38. The third-order valence-electron chi connectivity index (χ3n) is 5.65. The molecule has 1 aliphatic carbocycles. The minimum Gasteiger partial charge on any atom is -0.384 e. The number of anilines is 1. The van der Waals surface area contributed by atoms with E-state index < -0.39 is 5.92 Å². The van der Waals surface area contributed by atoms with Crippen LogP contribution in [0, 0.1) is 17.1 Å². The van der Waals surface area contributed by atoms with Crippen LogP contribution in [0.4, 0.5) is 10.1 Å². The van der Waals surface area contributed by atoms with Gasteiger partial charge in [-0.2, -0.15) is 5.26 Å². The number of hydrogen-bond acceptors (Lipinski definition) is 5. The van der Waals surface area contributed by atoms with E-state index >= 15 is 0 Å². The van der Waals surface area contributed by atoms with Crippen LogP contribution >= 0.6 is 11.3 Å². The van der Waals surface area contributed by atoms with E-state index in [9.17, 15) is 14.4 Å². The Morgan fingerprint density at radius 3 is 2.47 bits per heavy atom. The molecule has 0 radical (unpaired) electrons. The van der Waals surface area contributed by atoms with Crippen molar-refractivity contribution in [1.29, 1.82) is 5.26 Å². The topological polar surface area (TPSA) is 70.1 Å². The van der Waals surface area contributed by atoms with Crippen LogP contribution in [0.3, 0.4) is 0 Å². The standard InChI is InChI=1S/C24H24FN3OS/c1-24(2,3)20-12-11-19(30-20)21-16(13-26)23(27)28(15-9-7-14(25)8-10-15)17-5-4-6-18(29)22(17)21/h7-12,21H,4-6,27H2,1-3H3. The van der Waals surface area contributed by atoms with Gasteiger partial charge in [-0.25, -0.2) is 4.39 Å². The van der Waals surface area contributed by atoms with Crippen LogP contribution in [-0.2, 0) is 10.2 Å². The van der Waals surface area contributed by atoms with E-state index in [-0.39, 0.29) is 17.0 Å². The molecule has 1 unspecified atom stereocenters. The van der Waals surface area contributed by atoms with Crippen LogP contribution in [0.25, 0.3) is 0 Å². The minimum atomic E-state index is -0.449. The molecule has 2 aliphatic rings. The molecule has 2 aromatic rings. The molecular formula is C24H24FN3OS. The summed E-state index contributed by atoms with van der Waals surface area (Å²) in [5.74, 6) is -0.429. The summed E-state index contributed by atoms with van der Waals surface area (Å²) in [4.78, 5) is 17.0. The molecule has 0 spiro atoms. The Morgan fingerprint density at radius 1 is 1.17 bits per heavy atom. The molecule has 0 saturated carbocycles. The highest BCUT2D eigenvalue weighted by molar-refractivity contribution is 7.12. The molecule has 0 bridgehead atoms. The first-order valence-electron chi connectivity index (χ1n) is 10.0. The van der Waals surface area contributed by atoms with Crippen molar-refractivity contribution in [3.8, 4) is 6.07 Å². The Kier molecular flexibility index (Phi) is 5.03. The van der Waals surface area contributed by atoms with Gasteiger partial charge in [0.2, 0.25) is 0 Å². The first kappa shape index (κ1) is 20.4. The number of nitriles is 1. The van der Waals surface area contributed by atoms with E-state index in [4.69, 9.17) is 5.73 Å². The molecular weight excluding hydrogens is 397 g/mol. The largest absolute Gasteiger partial charge is 0.384 e. The lowest BCUT2D eigenvalue weighted by molar-refractivity contribution is -0.116. The average Bonchev–Trinajstić information content (AvgIpc) is 3.19. The number of thiophene rings is 1. The van der Waals surface area contributed by atoms with Gasteiger partial charge >= 0.3 is 0 Å². The number of allylic oxidation sites excluding steroid dienone is 3. The van der Waals surface area contributed by atoms with Crippen LogP contribution < -0.4 is 10.6 Å². The fraction of sp³-hybridized carbons (Fsp3) is 0.333. The Labute approximate surface area is 180 Å². The third kappa shape index (κ3) is 3.33. The van der Waals surface area contributed by atoms with Crippen molar-refractivity contribution in [2.75, 3.05) is 4.90 Å². The highest BCUT2D eigenvalue weighted by atomic mass is 32.1. The Morgan fingerprint density at radius 2 is 1.87 bits per heavy atom. The number of benzene rings is 1. The van der Waals surface area contributed by atoms with Crippen LogP contribution in [-0.4, -0.2) is 5.78 Å². The van der Waals surface area contributed by atoms with Gasteiger partial charge in [-0.15, -0.1) is 11.3 Å². The molecule has 154 valence electrons. The second-order valence-corrected chi connectivity index (χ2v) is 9.86. The zero-order valence-corrected chi connectivity index (χ0v) is 18.1. The summed E-state index contributed by atoms with van der Waals surface area (Å²) in [5.41, 5.74) is 9.01. The number of Topliss-reactive ketones (excluding diaryl/α,β-unsaturated/α-hetero) is 1. The van der Waals surface area contributed by atoms with E-state index in [1.165, 1.54) is 17.0 Å². The van der Waals surface area contributed by atoms with Gasteiger partial charge in [0, 0.05) is 33.1 Å². The molecule has 4 nitrogen and oxygen atoms in total. The van der Waals surface area contributed by atoms with E-state index in [1.54, 1.807) is 28.4 Å². The summed E-state index contributed by atoms with van der Waals surface area (Å²) in [7, 11) is 0. The van der Waals surface area contributed by atoms with Gasteiger partial charge in [-0.05, 0) is 54.7 Å². The molecule has 2 N–H and O–H groups in total. The normalized spacial score (nSPS) is 19.8. The summed E-state index contributed by atoms with van der Waals surface area (Å²) in [6, 6.07) is 12.3. The molecule has 6 heteroatoms. The van der Waals surface area contributed by atoms with E-state index in [2.05, 4.69) is 32.9 Å². The highest BCUT2D eigenvalue weighted by Crippen LogP contribution is 2.48. The van der Waals surface area contributed by atoms with Crippen LogP contribution in [0.1, 0.15) is 55.7 Å². The van der Waals surface area contributed by atoms with Gasteiger partial charge in [-0.3, -0.25) is 9.69 Å². The molecule has 1 aliphatic heterocycles. The fourth-order valence-corrected chi connectivity index (χ4v) is 5.35. The Hall–Kier alpha value is -2.91. The predicted octanol–water partition coefficient (Wildman–Crippen LogP) is 5.49. The van der Waals surface area contributed by atoms with E-state index in [0.29, 0.717) is 35.5 Å². The number of carbonyl (C=O) groups is 1. The van der Waals surface area contributed by atoms with Crippen molar-refractivity contribution >= 4 is 22.8 Å². The summed E-state index contributed by atoms with van der Waals surface area (Å²) in [5, 5.41) is 10.0. The van der Waals surface area contributed by atoms with Gasteiger partial charge in [0.25, 0.3) is 0 Å². The molecule has 1 aromatic carbocycles. The van der Waals surface area contributed by atoms with Crippen molar-refractivity contribution in [2.45, 2.75) is 51.4 Å². The zero-order chi connectivity index (χ0) is 21.6. The monoisotopic (exact) mass is 421 g/mol. The molecule has 2 heterocycles. The number of rotatable bonds is 2. The lowest BCUT2D eigenvalue weighted by atomic mass is 9.78. The maximum Gasteiger partial charge on any atom is 0.161 e. The average molecular weight is 422 g/mol. The number of nitrogens with two attached hydrogens (primary N) is 1. The van der Waals surface area contributed by atoms with Gasteiger partial charge < -0.3 is 5.73 Å². The number of nitrogens with zero attached hydrogens (tertiary/aromatic N) is 2. The van der Waals surface area contributed by atoms with E-state index in [1.807, 2.05) is 6.07 Å². The Balaban J connectivity index is 1.92. The van der Waals surface area contributed by atoms with Crippen LogP contribution in [0.5, 0.6) is 0 Å². The first-order valence-corrected chi connectivity index (χ1v) is 10.9. The number of carbonyl (C=O) groups excluding carboxylic acids is 1. The third-order valence-corrected chi connectivity index (χ3v) is 7.22. The molecule has 1 atom stereocenters. The summed E-state index contributed by atoms with van der Waals surface area (Å²) < 4.78 is 13.5. The van der Waals surface area contributed by atoms with Crippen molar-refractivity contribution in [3.63, 3.8) is 0 Å². The van der Waals surface area contributed by atoms with Crippen LogP contribution in [0.15, 0.2) is 59.1 Å². The zero-order valence-electron chi connectivity index (χ0n) is 17.3. The van der Waals surface area contributed by atoms with Gasteiger partial charge in [0.1, 0.15) is 11.6 Å². The van der Waals surface area contributed by atoms with Gasteiger partial charge in [-0.1, -0.05) is 20.8 Å². The fourth-order valence-electron chi connectivity index (χ4n) is 4.17. The lowest BCUT2D eigenvalue weighted by Gasteiger charge is -2.39. The summed E-state index contributed by atoms with van der Waals surface area (Å²) in [6.07, 6.45) is 1.88. The molecule has 0 amide bonds. The minimum absolute atomic E-state index is 0.0203. The smallest absolute Gasteiger partial charge is 0.161 e. The predicted molar refractivity (Wildman–Crippen MR) is 117 cm³/mol. The summed E-state index contributed by atoms with van der Waals surface area (Å²) >= 11 is 1.63. The van der Waals surface area contributed by atoms with Crippen LogP contribution in [0.2, 0.25) is 0 Å². The Bertz CT molecular complexity index is 1110. The van der Waals surface area contributed by atoms with Crippen molar-refractivity contribution in [2.24, 2.45) is 5.73 Å². The maximum atomic E-state index is 13.5. The number of halogens is 1. The first-order chi connectivity index (χ1) is 14.2. The SMILES string of the molecule is CC(C)(C)c1ccc(C2C(C#N)=C(N)N(c3ccc(F)cc3)C3=C2C(=O)CCC3)s1. The quantitative estimate of drug-likeness (QED) is 0.696. The second kappa shape index (κ2) is 7.41. The molecule has 0 saturated heterocycles. The molecule has 0 fully saturated rings. The molecule has 1 aromatic heterocycles. The van der Waals surface area contributed by atoms with Gasteiger partial charge in [0.15, 0.2) is 5.78 Å².